The van der Waals surface area contributed by atoms with Crippen molar-refractivity contribution in [3.8, 4) is 0 Å². The molecule has 0 aliphatic rings. The van der Waals surface area contributed by atoms with Gasteiger partial charge in [0, 0.05) is 11.6 Å². The van der Waals surface area contributed by atoms with Gasteiger partial charge < -0.3 is 15.7 Å². The first kappa shape index (κ1) is 15.2. The maximum Gasteiger partial charge on any atom is 0.328 e. The van der Waals surface area contributed by atoms with E-state index in [0.29, 0.717) is 17.5 Å². The van der Waals surface area contributed by atoms with E-state index in [1.807, 2.05) is 20.8 Å². The SMILES string of the molecule is Cc1nc(NC(C)(C)C)cc(NC(C)(C)C(=O)O)n1. The summed E-state index contributed by atoms with van der Waals surface area (Å²) in [6.07, 6.45) is 0. The number of nitrogens with one attached hydrogen (secondary N) is 2. The molecule has 3 N–H and O–H groups in total. The molecule has 19 heavy (non-hydrogen) atoms. The number of aliphatic carboxylic acids is 1. The highest BCUT2D eigenvalue weighted by molar-refractivity contribution is 5.81. The molecular weight excluding hydrogens is 244 g/mol. The van der Waals surface area contributed by atoms with Crippen molar-refractivity contribution in [3.63, 3.8) is 0 Å². The lowest BCUT2D eigenvalue weighted by molar-refractivity contribution is -0.141. The van der Waals surface area contributed by atoms with E-state index in [2.05, 4.69) is 20.6 Å². The minimum Gasteiger partial charge on any atom is -0.480 e. The van der Waals surface area contributed by atoms with E-state index >= 15 is 0 Å². The lowest BCUT2D eigenvalue weighted by Gasteiger charge is -2.24. The molecular formula is C13H22N4O2. The normalized spacial score (nSPS) is 12.1. The quantitative estimate of drug-likeness (QED) is 0.775. The molecule has 0 fully saturated rings. The molecule has 0 bridgehead atoms. The van der Waals surface area contributed by atoms with Crippen LogP contribution in [-0.4, -0.2) is 32.1 Å². The first-order valence-corrected chi connectivity index (χ1v) is 6.15. The maximum atomic E-state index is 11.1. The highest BCUT2D eigenvalue weighted by Crippen LogP contribution is 2.19. The van der Waals surface area contributed by atoms with Crippen molar-refractivity contribution in [3.05, 3.63) is 11.9 Å². The first-order valence-electron chi connectivity index (χ1n) is 6.15. The fourth-order valence-electron chi connectivity index (χ4n) is 1.45. The molecule has 0 saturated carbocycles. The van der Waals surface area contributed by atoms with Crippen LogP contribution >= 0.6 is 0 Å². The number of carboxylic acid groups (broad SMARTS) is 1. The number of nitrogens with zero attached hydrogens (tertiary/aromatic N) is 2. The average molecular weight is 266 g/mol. The number of carboxylic acids is 1. The van der Waals surface area contributed by atoms with Gasteiger partial charge in [-0.3, -0.25) is 0 Å². The Morgan fingerprint density at radius 1 is 1.11 bits per heavy atom. The van der Waals surface area contributed by atoms with Crippen LogP contribution in [0.2, 0.25) is 0 Å². The van der Waals surface area contributed by atoms with E-state index < -0.39 is 11.5 Å². The number of aromatic nitrogens is 2. The van der Waals surface area contributed by atoms with E-state index in [4.69, 9.17) is 5.11 Å². The molecule has 0 aliphatic carbocycles. The Morgan fingerprint density at radius 2 is 1.58 bits per heavy atom. The number of rotatable bonds is 4. The van der Waals surface area contributed by atoms with Gasteiger partial charge in [-0.2, -0.15) is 0 Å². The van der Waals surface area contributed by atoms with Gasteiger partial charge in [-0.25, -0.2) is 14.8 Å². The van der Waals surface area contributed by atoms with Gasteiger partial charge in [0.1, 0.15) is 23.0 Å². The van der Waals surface area contributed by atoms with Crippen LogP contribution in [-0.2, 0) is 4.79 Å². The Hall–Kier alpha value is -1.85. The summed E-state index contributed by atoms with van der Waals surface area (Å²) in [7, 11) is 0. The van der Waals surface area contributed by atoms with Gasteiger partial charge in [0.05, 0.1) is 0 Å². The summed E-state index contributed by atoms with van der Waals surface area (Å²) >= 11 is 0. The predicted molar refractivity (Wildman–Crippen MR) is 75.5 cm³/mol. The van der Waals surface area contributed by atoms with Gasteiger partial charge >= 0.3 is 5.97 Å². The molecule has 1 rings (SSSR count). The lowest BCUT2D eigenvalue weighted by Crippen LogP contribution is -2.40. The van der Waals surface area contributed by atoms with Crippen LogP contribution in [0, 0.1) is 6.92 Å². The molecule has 6 nitrogen and oxygen atoms in total. The number of anilines is 2. The lowest BCUT2D eigenvalue weighted by atomic mass is 10.1. The second-order valence-electron chi connectivity index (χ2n) is 6.12. The van der Waals surface area contributed by atoms with E-state index in [1.165, 1.54) is 0 Å². The van der Waals surface area contributed by atoms with Crippen LogP contribution in [0.15, 0.2) is 6.07 Å². The molecule has 0 amide bonds. The zero-order valence-corrected chi connectivity index (χ0v) is 12.3. The third-order valence-electron chi connectivity index (χ3n) is 2.32. The van der Waals surface area contributed by atoms with Crippen molar-refractivity contribution in [2.75, 3.05) is 10.6 Å². The summed E-state index contributed by atoms with van der Waals surface area (Å²) < 4.78 is 0. The fourth-order valence-corrected chi connectivity index (χ4v) is 1.45. The maximum absolute atomic E-state index is 11.1. The zero-order valence-electron chi connectivity index (χ0n) is 12.3. The van der Waals surface area contributed by atoms with Gasteiger partial charge in [0.2, 0.25) is 0 Å². The molecule has 0 spiro atoms. The van der Waals surface area contributed by atoms with Crippen LogP contribution < -0.4 is 10.6 Å². The summed E-state index contributed by atoms with van der Waals surface area (Å²) in [5, 5.41) is 15.2. The van der Waals surface area contributed by atoms with Crippen LogP contribution in [0.1, 0.15) is 40.4 Å². The second kappa shape index (κ2) is 5.03. The highest BCUT2D eigenvalue weighted by Gasteiger charge is 2.27. The van der Waals surface area contributed by atoms with E-state index in [9.17, 15) is 4.79 Å². The highest BCUT2D eigenvalue weighted by atomic mass is 16.4. The van der Waals surface area contributed by atoms with E-state index in [1.54, 1.807) is 26.8 Å². The monoisotopic (exact) mass is 266 g/mol. The molecule has 1 heterocycles. The topological polar surface area (TPSA) is 87.1 Å². The molecule has 1 aromatic rings. The average Bonchev–Trinajstić information content (AvgIpc) is 2.11. The van der Waals surface area contributed by atoms with Crippen molar-refractivity contribution in [2.45, 2.75) is 52.6 Å². The first-order chi connectivity index (χ1) is 8.49. The Balaban J connectivity index is 3.01. The molecule has 0 unspecified atom stereocenters. The third kappa shape index (κ3) is 4.73. The Morgan fingerprint density at radius 3 is 2.00 bits per heavy atom. The summed E-state index contributed by atoms with van der Waals surface area (Å²) in [6.45, 7) is 11.0. The summed E-state index contributed by atoms with van der Waals surface area (Å²) in [5.74, 6) is 0.808. The van der Waals surface area contributed by atoms with Crippen LogP contribution in [0.25, 0.3) is 0 Å². The van der Waals surface area contributed by atoms with E-state index in [0.717, 1.165) is 0 Å². The Labute approximate surface area is 113 Å². The van der Waals surface area contributed by atoms with Gasteiger partial charge in [-0.1, -0.05) is 0 Å². The number of carbonyl (C=O) groups is 1. The molecule has 0 aliphatic heterocycles. The third-order valence-corrected chi connectivity index (χ3v) is 2.32. The zero-order chi connectivity index (χ0) is 14.8. The standard InChI is InChI=1S/C13H22N4O2/c1-8-14-9(16-12(2,3)4)7-10(15-8)17-13(5,6)11(18)19/h7H,1-6H3,(H,18,19)(H2,14,15,16,17). The van der Waals surface area contributed by atoms with Crippen LogP contribution in [0.4, 0.5) is 11.6 Å². The number of hydrogen-bond acceptors (Lipinski definition) is 5. The molecule has 1 aromatic heterocycles. The molecule has 106 valence electrons. The molecule has 0 radical (unpaired) electrons. The molecule has 0 atom stereocenters. The largest absolute Gasteiger partial charge is 0.480 e. The summed E-state index contributed by atoms with van der Waals surface area (Å²) in [4.78, 5) is 19.6. The summed E-state index contributed by atoms with van der Waals surface area (Å²) in [5.41, 5.74) is -1.21. The fraction of sp³-hybridized carbons (Fsp3) is 0.615. The number of aryl methyl sites for hydroxylation is 1. The van der Waals surface area contributed by atoms with Crippen LogP contribution in [0.5, 0.6) is 0 Å². The summed E-state index contributed by atoms with van der Waals surface area (Å²) in [6, 6.07) is 1.71. The predicted octanol–water partition coefficient (Wildman–Crippen LogP) is 2.27. The molecule has 0 aromatic carbocycles. The van der Waals surface area contributed by atoms with Crippen molar-refractivity contribution < 1.29 is 9.90 Å². The second-order valence-corrected chi connectivity index (χ2v) is 6.12. The van der Waals surface area contributed by atoms with Crippen molar-refractivity contribution in [1.82, 2.24) is 9.97 Å². The smallest absolute Gasteiger partial charge is 0.328 e. The Kier molecular flexibility index (Phi) is 4.03. The minimum absolute atomic E-state index is 0.125. The Bertz CT molecular complexity index is 478. The van der Waals surface area contributed by atoms with E-state index in [-0.39, 0.29) is 5.54 Å². The van der Waals surface area contributed by atoms with Crippen molar-refractivity contribution in [1.29, 1.82) is 0 Å². The van der Waals surface area contributed by atoms with Crippen molar-refractivity contribution in [2.24, 2.45) is 0 Å². The van der Waals surface area contributed by atoms with Crippen molar-refractivity contribution >= 4 is 17.6 Å². The van der Waals surface area contributed by atoms with Gasteiger partial charge in [0.15, 0.2) is 0 Å². The molecule has 0 saturated heterocycles. The van der Waals surface area contributed by atoms with Gasteiger partial charge in [-0.15, -0.1) is 0 Å². The van der Waals surface area contributed by atoms with Crippen LogP contribution in [0.3, 0.4) is 0 Å². The van der Waals surface area contributed by atoms with Gasteiger partial charge in [-0.05, 0) is 41.5 Å². The molecule has 6 heteroatoms. The minimum atomic E-state index is -1.08. The van der Waals surface area contributed by atoms with Gasteiger partial charge in [0.25, 0.3) is 0 Å². The number of hydrogen-bond donors (Lipinski definition) is 3.